The van der Waals surface area contributed by atoms with Gasteiger partial charge in [-0.15, -0.1) is 0 Å². The molecule has 3 aromatic rings. The first-order valence-corrected chi connectivity index (χ1v) is 12.8. The maximum Gasteiger partial charge on any atom is 0.326 e. The average molecular weight is 533 g/mol. The van der Waals surface area contributed by atoms with Crippen molar-refractivity contribution >= 4 is 39.2 Å². The van der Waals surface area contributed by atoms with E-state index < -0.39 is 33.8 Å². The molecule has 0 aliphatic carbocycles. The molecule has 3 rings (SSSR count). The number of amides is 1. The molecule has 3 N–H and O–H groups in total. The molecular weight excluding hydrogens is 507 g/mol. The SMILES string of the molecule is Cc1cc(C)c(S(=O)(=O)Nc2cc(C(=O)NC(Cc3cccc(Cl)c3F)C(=O)O)ccc2C)c(C)c1. The molecule has 0 saturated carbocycles. The number of carbonyl (C=O) groups excluding carboxylic acids is 1. The zero-order valence-electron chi connectivity index (χ0n) is 20.1. The van der Waals surface area contributed by atoms with E-state index >= 15 is 0 Å². The minimum absolute atomic E-state index is 0.0356. The van der Waals surface area contributed by atoms with Crippen LogP contribution < -0.4 is 10.0 Å². The molecule has 1 unspecified atom stereocenters. The van der Waals surface area contributed by atoms with E-state index in [0.717, 1.165) is 5.56 Å². The second kappa shape index (κ2) is 10.7. The summed E-state index contributed by atoms with van der Waals surface area (Å²) in [6.07, 6.45) is -0.329. The van der Waals surface area contributed by atoms with E-state index in [-0.39, 0.29) is 33.2 Å². The standard InChI is InChI=1S/C26H26ClFN2O5S/c1-14-10-16(3)24(17(4)11-14)36(34,35)30-21-13-19(9-8-15(21)2)25(31)29-22(26(32)33)12-18-6-5-7-20(27)23(18)28/h5-11,13,22,30H,12H2,1-4H3,(H,29,31)(H,32,33). The number of carboxylic acids is 1. The zero-order valence-corrected chi connectivity index (χ0v) is 21.7. The summed E-state index contributed by atoms with van der Waals surface area (Å²) in [5, 5.41) is 11.8. The number of halogens is 2. The van der Waals surface area contributed by atoms with Crippen LogP contribution in [-0.2, 0) is 21.2 Å². The van der Waals surface area contributed by atoms with Gasteiger partial charge in [0.05, 0.1) is 15.6 Å². The van der Waals surface area contributed by atoms with Gasteiger partial charge in [0.2, 0.25) is 0 Å². The average Bonchev–Trinajstić information content (AvgIpc) is 2.76. The lowest BCUT2D eigenvalue weighted by atomic mass is 10.0. The Bertz CT molecular complexity index is 1430. The molecule has 0 aliphatic heterocycles. The fraction of sp³-hybridized carbons (Fsp3) is 0.231. The summed E-state index contributed by atoms with van der Waals surface area (Å²) in [4.78, 5) is 24.8. The third-order valence-electron chi connectivity index (χ3n) is 5.68. The molecule has 0 fully saturated rings. The van der Waals surface area contributed by atoms with E-state index in [0.29, 0.717) is 16.7 Å². The molecule has 7 nitrogen and oxygen atoms in total. The fourth-order valence-corrected chi connectivity index (χ4v) is 5.80. The molecular formula is C26H26ClFN2O5S. The number of carboxylic acid groups (broad SMARTS) is 1. The number of hydrogen-bond donors (Lipinski definition) is 3. The predicted molar refractivity (Wildman–Crippen MR) is 137 cm³/mol. The Labute approximate surface area is 214 Å². The molecule has 1 atom stereocenters. The maximum atomic E-state index is 14.3. The Kier molecular flexibility index (Phi) is 8.05. The summed E-state index contributed by atoms with van der Waals surface area (Å²) >= 11 is 5.77. The number of benzene rings is 3. The van der Waals surface area contributed by atoms with E-state index in [1.807, 2.05) is 6.92 Å². The van der Waals surface area contributed by atoms with Crippen molar-refractivity contribution < 1.29 is 27.5 Å². The summed E-state index contributed by atoms with van der Waals surface area (Å²) in [5.41, 5.74) is 2.92. The largest absolute Gasteiger partial charge is 0.480 e. The summed E-state index contributed by atoms with van der Waals surface area (Å²) in [7, 11) is -3.97. The van der Waals surface area contributed by atoms with Crippen molar-refractivity contribution in [3.63, 3.8) is 0 Å². The number of aryl methyl sites for hydroxylation is 4. The van der Waals surface area contributed by atoms with Gasteiger partial charge in [-0.3, -0.25) is 9.52 Å². The van der Waals surface area contributed by atoms with E-state index in [9.17, 15) is 27.5 Å². The van der Waals surface area contributed by atoms with Crippen LogP contribution in [0.3, 0.4) is 0 Å². The number of sulfonamides is 1. The number of aliphatic carboxylic acids is 1. The van der Waals surface area contributed by atoms with Crippen molar-refractivity contribution in [2.24, 2.45) is 0 Å². The Hall–Kier alpha value is -3.43. The Balaban J connectivity index is 1.87. The highest BCUT2D eigenvalue weighted by molar-refractivity contribution is 7.92. The molecule has 0 bridgehead atoms. The molecule has 3 aromatic carbocycles. The van der Waals surface area contributed by atoms with Crippen molar-refractivity contribution in [2.75, 3.05) is 4.72 Å². The topological polar surface area (TPSA) is 113 Å². The molecule has 0 spiro atoms. The van der Waals surface area contributed by atoms with Crippen molar-refractivity contribution in [3.05, 3.63) is 92.8 Å². The van der Waals surface area contributed by atoms with Crippen LogP contribution in [0.15, 0.2) is 53.4 Å². The van der Waals surface area contributed by atoms with E-state index in [1.165, 1.54) is 30.3 Å². The number of anilines is 1. The van der Waals surface area contributed by atoms with Crippen LogP contribution in [0.4, 0.5) is 10.1 Å². The summed E-state index contributed by atoms with van der Waals surface area (Å²) in [6.45, 7) is 6.97. The van der Waals surface area contributed by atoms with Gasteiger partial charge in [0, 0.05) is 12.0 Å². The van der Waals surface area contributed by atoms with Gasteiger partial charge in [0.15, 0.2) is 0 Å². The molecule has 0 aliphatic rings. The molecule has 0 heterocycles. The van der Waals surface area contributed by atoms with Crippen LogP contribution >= 0.6 is 11.6 Å². The first-order valence-electron chi connectivity index (χ1n) is 11.0. The lowest BCUT2D eigenvalue weighted by molar-refractivity contribution is -0.139. The van der Waals surface area contributed by atoms with Gasteiger partial charge in [0.25, 0.3) is 15.9 Å². The third-order valence-corrected chi connectivity index (χ3v) is 7.64. The number of rotatable bonds is 8. The van der Waals surface area contributed by atoms with Crippen molar-refractivity contribution in [1.82, 2.24) is 5.32 Å². The quantitative estimate of drug-likeness (QED) is 0.380. The monoisotopic (exact) mass is 532 g/mol. The number of carbonyl (C=O) groups is 2. The van der Waals surface area contributed by atoms with Gasteiger partial charge in [-0.25, -0.2) is 17.6 Å². The normalized spacial score (nSPS) is 12.2. The highest BCUT2D eigenvalue weighted by atomic mass is 35.5. The fourth-order valence-electron chi connectivity index (χ4n) is 4.03. The van der Waals surface area contributed by atoms with Crippen LogP contribution in [0.1, 0.15) is 38.2 Å². The molecule has 1 amide bonds. The van der Waals surface area contributed by atoms with E-state index in [2.05, 4.69) is 10.0 Å². The van der Waals surface area contributed by atoms with Crippen LogP contribution in [0, 0.1) is 33.5 Å². The molecule has 0 aromatic heterocycles. The third kappa shape index (κ3) is 6.03. The van der Waals surface area contributed by atoms with Crippen molar-refractivity contribution in [2.45, 2.75) is 45.1 Å². The van der Waals surface area contributed by atoms with Crippen molar-refractivity contribution in [1.29, 1.82) is 0 Å². The molecule has 10 heteroatoms. The van der Waals surface area contributed by atoms with Gasteiger partial charge in [-0.1, -0.05) is 47.5 Å². The summed E-state index contributed by atoms with van der Waals surface area (Å²) in [6, 6.07) is 10.6. The minimum atomic E-state index is -3.97. The molecule has 36 heavy (non-hydrogen) atoms. The van der Waals surface area contributed by atoms with Crippen LogP contribution in [0.2, 0.25) is 5.02 Å². The summed E-state index contributed by atoms with van der Waals surface area (Å²) < 4.78 is 43.2. The van der Waals surface area contributed by atoms with Gasteiger partial charge >= 0.3 is 5.97 Å². The Morgan fingerprint density at radius 3 is 2.25 bits per heavy atom. The van der Waals surface area contributed by atoms with E-state index in [4.69, 9.17) is 11.6 Å². The van der Waals surface area contributed by atoms with Crippen LogP contribution in [0.5, 0.6) is 0 Å². The van der Waals surface area contributed by atoms with Gasteiger partial charge in [0.1, 0.15) is 11.9 Å². The lowest BCUT2D eigenvalue weighted by Crippen LogP contribution is -2.42. The van der Waals surface area contributed by atoms with Gasteiger partial charge in [-0.05, 0) is 68.1 Å². The number of hydrogen-bond acceptors (Lipinski definition) is 4. The smallest absolute Gasteiger partial charge is 0.326 e. The highest BCUT2D eigenvalue weighted by Gasteiger charge is 2.25. The second-order valence-electron chi connectivity index (χ2n) is 8.64. The first-order chi connectivity index (χ1) is 16.8. The second-order valence-corrected chi connectivity index (χ2v) is 10.7. The summed E-state index contributed by atoms with van der Waals surface area (Å²) in [5.74, 6) is -2.87. The molecule has 0 saturated heterocycles. The predicted octanol–water partition coefficient (Wildman–Crippen LogP) is 4.94. The van der Waals surface area contributed by atoms with Crippen molar-refractivity contribution in [3.8, 4) is 0 Å². The Morgan fingerprint density at radius 2 is 1.64 bits per heavy atom. The maximum absolute atomic E-state index is 14.3. The Morgan fingerprint density at radius 1 is 1.00 bits per heavy atom. The van der Waals surface area contributed by atoms with Gasteiger partial charge in [-0.2, -0.15) is 0 Å². The highest BCUT2D eigenvalue weighted by Crippen LogP contribution is 2.26. The van der Waals surface area contributed by atoms with Gasteiger partial charge < -0.3 is 10.4 Å². The first kappa shape index (κ1) is 27.2. The number of nitrogens with one attached hydrogen (secondary N) is 2. The molecule has 190 valence electrons. The minimum Gasteiger partial charge on any atom is -0.480 e. The zero-order chi connectivity index (χ0) is 26.8. The van der Waals surface area contributed by atoms with E-state index in [1.54, 1.807) is 39.0 Å². The van der Waals surface area contributed by atoms with Crippen LogP contribution in [0.25, 0.3) is 0 Å². The van der Waals surface area contributed by atoms with Crippen LogP contribution in [-0.4, -0.2) is 31.4 Å². The lowest BCUT2D eigenvalue weighted by Gasteiger charge is -2.17. The molecule has 0 radical (unpaired) electrons.